The van der Waals surface area contributed by atoms with E-state index < -0.39 is 72.5 Å². The first kappa shape index (κ1) is 30.8. The number of nitrogens with one attached hydrogen (secondary N) is 1. The summed E-state index contributed by atoms with van der Waals surface area (Å²) >= 11 is 0. The van der Waals surface area contributed by atoms with Gasteiger partial charge in [-0.3, -0.25) is 14.6 Å². The van der Waals surface area contributed by atoms with Crippen molar-refractivity contribution in [2.45, 2.75) is 37.9 Å². The summed E-state index contributed by atoms with van der Waals surface area (Å²) in [5.41, 5.74) is -1.68. The topological polar surface area (TPSA) is 173 Å². The number of hydrogen-bond acceptors (Lipinski definition) is 11. The van der Waals surface area contributed by atoms with E-state index in [4.69, 9.17) is 18.9 Å². The summed E-state index contributed by atoms with van der Waals surface area (Å²) in [7, 11) is 0. The predicted octanol–water partition coefficient (Wildman–Crippen LogP) is 2.27. The van der Waals surface area contributed by atoms with Crippen molar-refractivity contribution < 1.29 is 38.1 Å². The molecular formula is C32H27N3O10. The highest BCUT2D eigenvalue weighted by atomic mass is 16.7. The number of benzene rings is 3. The Balaban J connectivity index is 1.55. The molecule has 0 amide bonds. The van der Waals surface area contributed by atoms with Crippen LogP contribution in [-0.4, -0.2) is 63.4 Å². The van der Waals surface area contributed by atoms with Gasteiger partial charge < -0.3 is 18.9 Å². The van der Waals surface area contributed by atoms with E-state index in [9.17, 15) is 28.8 Å². The van der Waals surface area contributed by atoms with E-state index >= 15 is 0 Å². The minimum atomic E-state index is -1.58. The average Bonchev–Trinajstić information content (AvgIpc) is 3.37. The first-order chi connectivity index (χ1) is 21.7. The van der Waals surface area contributed by atoms with Gasteiger partial charge in [0.2, 0.25) is 0 Å². The van der Waals surface area contributed by atoms with Gasteiger partial charge in [0, 0.05) is 0 Å². The first-order valence-corrected chi connectivity index (χ1v) is 13.8. The molecule has 4 aromatic rings. The summed E-state index contributed by atoms with van der Waals surface area (Å²) in [5.74, 6) is -2.78. The van der Waals surface area contributed by atoms with Gasteiger partial charge in [-0.05, 0) is 43.3 Å². The Kier molecular flexibility index (Phi) is 9.39. The molecule has 1 aliphatic rings. The van der Waals surface area contributed by atoms with Crippen LogP contribution in [0.4, 0.5) is 0 Å². The van der Waals surface area contributed by atoms with Crippen LogP contribution in [0.5, 0.6) is 0 Å². The molecule has 0 radical (unpaired) electrons. The van der Waals surface area contributed by atoms with Crippen molar-refractivity contribution in [3.63, 3.8) is 0 Å². The van der Waals surface area contributed by atoms with Gasteiger partial charge in [-0.25, -0.2) is 19.2 Å². The Bertz CT molecular complexity index is 1810. The number of nitrogens with zero attached hydrogens (tertiary/aromatic N) is 2. The minimum absolute atomic E-state index is 0.141. The minimum Gasteiger partial charge on any atom is -0.459 e. The van der Waals surface area contributed by atoms with Crippen LogP contribution in [0.25, 0.3) is 0 Å². The average molecular weight is 614 g/mol. The Morgan fingerprint density at radius 1 is 0.756 bits per heavy atom. The van der Waals surface area contributed by atoms with Gasteiger partial charge in [0.05, 0.1) is 23.1 Å². The van der Waals surface area contributed by atoms with E-state index in [1.54, 1.807) is 66.7 Å². The molecule has 13 nitrogen and oxygen atoms in total. The number of aromatic nitrogens is 3. The van der Waals surface area contributed by atoms with Crippen molar-refractivity contribution in [2.75, 3.05) is 6.61 Å². The molecule has 0 aliphatic carbocycles. The van der Waals surface area contributed by atoms with E-state index in [2.05, 4.69) is 10.1 Å². The summed E-state index contributed by atoms with van der Waals surface area (Å²) in [5, 5.41) is 4.05. The summed E-state index contributed by atoms with van der Waals surface area (Å²) in [6.45, 7) is 0.748. The SMILES string of the molecule is CC(=O)Cc1nn([C@@H]2O[C@H](COC(=O)c3ccccc3)C(OC(=O)c3ccccc3)C2OC(=O)c2ccccc2)c(=O)[nH]c1=O. The molecular weight excluding hydrogens is 586 g/mol. The summed E-state index contributed by atoms with van der Waals surface area (Å²) in [6, 6.07) is 24.0. The third-order valence-corrected chi connectivity index (χ3v) is 6.76. The monoisotopic (exact) mass is 613 g/mol. The number of hydrogen-bond donors (Lipinski definition) is 1. The van der Waals surface area contributed by atoms with Crippen molar-refractivity contribution >= 4 is 23.7 Å². The lowest BCUT2D eigenvalue weighted by Crippen LogP contribution is -2.44. The molecule has 1 N–H and O–H groups in total. The second kappa shape index (κ2) is 13.7. The van der Waals surface area contributed by atoms with E-state index in [-0.39, 0.29) is 22.4 Å². The zero-order chi connectivity index (χ0) is 31.9. The van der Waals surface area contributed by atoms with Crippen LogP contribution in [0.2, 0.25) is 0 Å². The Labute approximate surface area is 255 Å². The fourth-order valence-corrected chi connectivity index (χ4v) is 4.63. The molecule has 1 aromatic heterocycles. The van der Waals surface area contributed by atoms with Crippen LogP contribution in [0.3, 0.4) is 0 Å². The van der Waals surface area contributed by atoms with E-state index in [0.717, 1.165) is 0 Å². The van der Waals surface area contributed by atoms with Crippen LogP contribution in [0.15, 0.2) is 101 Å². The number of esters is 3. The molecule has 1 fully saturated rings. The molecule has 4 atom stereocenters. The fraction of sp³-hybridized carbons (Fsp3) is 0.219. The van der Waals surface area contributed by atoms with E-state index in [1.807, 2.05) is 0 Å². The molecule has 5 rings (SSSR count). The molecule has 2 heterocycles. The maximum Gasteiger partial charge on any atom is 0.347 e. The van der Waals surface area contributed by atoms with Crippen molar-refractivity contribution in [3.8, 4) is 0 Å². The maximum absolute atomic E-state index is 13.3. The van der Waals surface area contributed by atoms with Gasteiger partial charge >= 0.3 is 23.6 Å². The smallest absolute Gasteiger partial charge is 0.347 e. The fourth-order valence-electron chi connectivity index (χ4n) is 4.63. The van der Waals surface area contributed by atoms with Crippen molar-refractivity contribution in [1.29, 1.82) is 0 Å². The lowest BCUT2D eigenvalue weighted by molar-refractivity contribution is -0.116. The molecule has 0 saturated carbocycles. The third-order valence-electron chi connectivity index (χ3n) is 6.76. The van der Waals surface area contributed by atoms with Crippen LogP contribution in [0, 0.1) is 0 Å². The van der Waals surface area contributed by atoms with Crippen LogP contribution in [-0.2, 0) is 30.2 Å². The van der Waals surface area contributed by atoms with Gasteiger partial charge in [-0.15, -0.1) is 0 Å². The standard InChI is InChI=1S/C32H27N3O10/c1-19(36)17-23-27(37)33-32(41)35(34-23)28-26(45-31(40)22-15-9-4-10-16-22)25(44-30(39)21-13-7-3-8-14-21)24(43-28)18-42-29(38)20-11-5-2-6-12-20/h2-16,24-26,28H,17-18H2,1H3,(H,33,37,41)/t24-,25?,26?,28-/m1/s1. The second-order valence-electron chi connectivity index (χ2n) is 10.0. The predicted molar refractivity (Wildman–Crippen MR) is 155 cm³/mol. The molecule has 1 aliphatic heterocycles. The molecule has 0 bridgehead atoms. The lowest BCUT2D eigenvalue weighted by atomic mass is 10.1. The number of carbonyl (C=O) groups is 4. The van der Waals surface area contributed by atoms with Gasteiger partial charge in [0.15, 0.2) is 18.4 Å². The van der Waals surface area contributed by atoms with Gasteiger partial charge in [0.1, 0.15) is 24.2 Å². The number of aromatic amines is 1. The van der Waals surface area contributed by atoms with Gasteiger partial charge in [0.25, 0.3) is 5.56 Å². The molecule has 1 saturated heterocycles. The number of ketones is 1. The first-order valence-electron chi connectivity index (χ1n) is 13.8. The summed E-state index contributed by atoms with van der Waals surface area (Å²) in [4.78, 5) is 78.6. The van der Waals surface area contributed by atoms with Crippen molar-refractivity contribution in [3.05, 3.63) is 134 Å². The Hall–Kier alpha value is -5.69. The Morgan fingerprint density at radius 3 is 1.76 bits per heavy atom. The number of H-pyrrole nitrogens is 1. The third kappa shape index (κ3) is 7.28. The summed E-state index contributed by atoms with van der Waals surface area (Å²) < 4.78 is 23.9. The van der Waals surface area contributed by atoms with Gasteiger partial charge in [-0.1, -0.05) is 54.6 Å². The van der Waals surface area contributed by atoms with Crippen LogP contribution in [0.1, 0.15) is 49.9 Å². The second-order valence-corrected chi connectivity index (χ2v) is 10.0. The zero-order valence-corrected chi connectivity index (χ0v) is 23.9. The molecule has 230 valence electrons. The van der Waals surface area contributed by atoms with Crippen LogP contribution >= 0.6 is 0 Å². The molecule has 0 spiro atoms. The largest absolute Gasteiger partial charge is 0.459 e. The normalized spacial score (nSPS) is 19.0. The summed E-state index contributed by atoms with van der Waals surface area (Å²) in [6.07, 6.45) is -6.23. The maximum atomic E-state index is 13.3. The molecule has 2 unspecified atom stereocenters. The van der Waals surface area contributed by atoms with Crippen molar-refractivity contribution in [2.24, 2.45) is 0 Å². The van der Waals surface area contributed by atoms with Crippen LogP contribution < -0.4 is 11.2 Å². The number of Topliss-reactive ketones (excluding diaryl/α,β-unsaturated/α-hetero) is 1. The quantitative estimate of drug-likeness (QED) is 0.205. The lowest BCUT2D eigenvalue weighted by Gasteiger charge is -2.24. The molecule has 13 heteroatoms. The van der Waals surface area contributed by atoms with E-state index in [1.165, 1.54) is 31.2 Å². The highest BCUT2D eigenvalue weighted by Crippen LogP contribution is 2.34. The highest BCUT2D eigenvalue weighted by molar-refractivity contribution is 5.91. The number of rotatable bonds is 10. The zero-order valence-electron chi connectivity index (χ0n) is 23.9. The Morgan fingerprint density at radius 2 is 1.24 bits per heavy atom. The number of carbonyl (C=O) groups excluding carboxylic acids is 4. The van der Waals surface area contributed by atoms with Gasteiger partial charge in [-0.2, -0.15) is 9.78 Å². The number of ether oxygens (including phenoxy) is 4. The van der Waals surface area contributed by atoms with Crippen molar-refractivity contribution in [1.82, 2.24) is 14.8 Å². The van der Waals surface area contributed by atoms with E-state index in [0.29, 0.717) is 4.68 Å². The molecule has 45 heavy (non-hydrogen) atoms. The highest BCUT2D eigenvalue weighted by Gasteiger charge is 2.52. The molecule has 3 aromatic carbocycles.